The summed E-state index contributed by atoms with van der Waals surface area (Å²) in [5, 5.41) is 0. The van der Waals surface area contributed by atoms with Gasteiger partial charge in [-0.05, 0) is 20.0 Å². The van der Waals surface area contributed by atoms with Gasteiger partial charge in [-0.2, -0.15) is 0 Å². The first-order valence-corrected chi connectivity index (χ1v) is 5.92. The Kier molecular flexibility index (Phi) is 39.4. The van der Waals surface area contributed by atoms with Gasteiger partial charge in [-0.3, -0.25) is 0 Å². The number of rotatable bonds is 0. The van der Waals surface area contributed by atoms with E-state index in [0.717, 1.165) is 0 Å². The zero-order valence-corrected chi connectivity index (χ0v) is 11.7. The standard InChI is InChI=1S/C3H9P.K.H3O3P.H2O/c1-4(2)3;;1-4(2)3;/h1-3H3;;4H,(H2,1,2,3);1H2/q;+1;;/p-1. The molecule has 0 aliphatic carbocycles. The molecule has 0 fully saturated rings. The van der Waals surface area contributed by atoms with Crippen molar-refractivity contribution in [2.45, 2.75) is 0 Å². The zero-order valence-electron chi connectivity index (χ0n) is 6.71. The maximum absolute atomic E-state index is 8.63. The third kappa shape index (κ3) is 181. The molecule has 0 aliphatic heterocycles. The Bertz CT molecular complexity index is 62.8. The molecule has 0 aromatic carbocycles. The summed E-state index contributed by atoms with van der Waals surface area (Å²) >= 11 is 0. The van der Waals surface area contributed by atoms with E-state index in [4.69, 9.17) is 14.4 Å². The fourth-order valence-electron chi connectivity index (χ4n) is 0. The van der Waals surface area contributed by atoms with Gasteiger partial charge in [0.15, 0.2) is 0 Å². The molecule has 1 atom stereocenters. The van der Waals surface area contributed by atoms with Crippen LogP contribution in [0.5, 0.6) is 0 Å². The van der Waals surface area contributed by atoms with Gasteiger partial charge >= 0.3 is 51.4 Å². The molecule has 0 heterocycles. The van der Waals surface area contributed by atoms with E-state index < -0.39 is 8.25 Å². The van der Waals surface area contributed by atoms with Crippen molar-refractivity contribution >= 4 is 16.2 Å². The fraction of sp³-hybridized carbons (Fsp3) is 1.00. The molecule has 0 spiro atoms. The molecule has 4 nitrogen and oxygen atoms in total. The molecule has 0 amide bonds. The van der Waals surface area contributed by atoms with Crippen LogP contribution < -0.4 is 56.3 Å². The van der Waals surface area contributed by atoms with Gasteiger partial charge in [0.25, 0.3) is 0 Å². The van der Waals surface area contributed by atoms with Crippen molar-refractivity contribution in [1.82, 2.24) is 0 Å². The van der Waals surface area contributed by atoms with Gasteiger partial charge in [-0.15, -0.1) is 7.92 Å². The molecule has 60 valence electrons. The van der Waals surface area contributed by atoms with Crippen molar-refractivity contribution in [2.75, 3.05) is 20.0 Å². The van der Waals surface area contributed by atoms with Crippen molar-refractivity contribution in [1.29, 1.82) is 0 Å². The molecule has 3 N–H and O–H groups in total. The second-order valence-corrected chi connectivity index (χ2v) is 4.82. The molecule has 0 aromatic heterocycles. The van der Waals surface area contributed by atoms with Crippen LogP contribution in [0.2, 0.25) is 0 Å². The van der Waals surface area contributed by atoms with Crippen LogP contribution in [0.4, 0.5) is 0 Å². The Morgan fingerprint density at radius 2 is 1.40 bits per heavy atom. The number of hydrogen-bond donors (Lipinski definition) is 1. The summed E-state index contributed by atoms with van der Waals surface area (Å²) in [6.07, 6.45) is 0. The molecule has 7 heteroatoms. The van der Waals surface area contributed by atoms with Crippen LogP contribution in [0.25, 0.3) is 0 Å². The van der Waals surface area contributed by atoms with Crippen molar-refractivity contribution in [2.24, 2.45) is 0 Å². The van der Waals surface area contributed by atoms with Gasteiger partial charge in [-0.1, -0.05) is 0 Å². The third-order valence-corrected chi connectivity index (χ3v) is 0. The first-order valence-electron chi connectivity index (χ1n) is 1.97. The fourth-order valence-corrected chi connectivity index (χ4v) is 0. The van der Waals surface area contributed by atoms with Crippen LogP contribution in [-0.4, -0.2) is 30.4 Å². The maximum atomic E-state index is 8.63. The summed E-state index contributed by atoms with van der Waals surface area (Å²) in [6, 6.07) is 0. The first kappa shape index (κ1) is 22.8. The van der Waals surface area contributed by atoms with E-state index in [0.29, 0.717) is 7.92 Å². The molecule has 0 rings (SSSR count). The summed E-state index contributed by atoms with van der Waals surface area (Å²) in [5.41, 5.74) is 0. The largest absolute Gasteiger partial charge is 1.00 e. The minimum absolute atomic E-state index is 0. The normalized spacial score (nSPS) is 9.80. The Morgan fingerprint density at radius 3 is 1.40 bits per heavy atom. The summed E-state index contributed by atoms with van der Waals surface area (Å²) < 4.78 is 8.63. The predicted molar refractivity (Wildman–Crippen MR) is 39.5 cm³/mol. The molecule has 0 radical (unpaired) electrons. The van der Waals surface area contributed by atoms with E-state index >= 15 is 0 Å². The van der Waals surface area contributed by atoms with E-state index in [2.05, 4.69) is 20.0 Å². The Morgan fingerprint density at radius 1 is 1.40 bits per heavy atom. The van der Waals surface area contributed by atoms with Crippen LogP contribution in [-0.2, 0) is 4.57 Å². The van der Waals surface area contributed by atoms with Gasteiger partial charge in [0.2, 0.25) is 0 Å². The van der Waals surface area contributed by atoms with Gasteiger partial charge in [0.1, 0.15) is 8.25 Å². The second kappa shape index (κ2) is 17.3. The van der Waals surface area contributed by atoms with E-state index in [9.17, 15) is 0 Å². The SMILES string of the molecule is CP(C)C.O.O=[PH]([O-])O.[K+]. The molecule has 1 unspecified atom stereocenters. The van der Waals surface area contributed by atoms with Crippen molar-refractivity contribution < 1.29 is 71.2 Å². The van der Waals surface area contributed by atoms with Gasteiger partial charge in [0, 0.05) is 0 Å². The Labute approximate surface area is 106 Å². The summed E-state index contributed by atoms with van der Waals surface area (Å²) in [7, 11) is -3.00. The predicted octanol–water partition coefficient (Wildman–Crippen LogP) is -3.73. The van der Waals surface area contributed by atoms with Crippen LogP contribution in [0, 0.1) is 0 Å². The van der Waals surface area contributed by atoms with Crippen LogP contribution >= 0.6 is 16.2 Å². The van der Waals surface area contributed by atoms with E-state index in [1.165, 1.54) is 0 Å². The smallest absolute Gasteiger partial charge is 0.781 e. The molecule has 0 aromatic rings. The minimum atomic E-state index is -3.38. The second-order valence-electron chi connectivity index (χ2n) is 1.61. The molecule has 0 bridgehead atoms. The van der Waals surface area contributed by atoms with Crippen LogP contribution in [0.15, 0.2) is 0 Å². The molecule has 0 saturated heterocycles. The molecule has 10 heavy (non-hydrogen) atoms. The topological polar surface area (TPSA) is 91.9 Å². The Balaban J connectivity index is -0.0000000300. The van der Waals surface area contributed by atoms with E-state index in [1.54, 1.807) is 0 Å². The minimum Gasteiger partial charge on any atom is -0.781 e. The summed E-state index contributed by atoms with van der Waals surface area (Å²) in [5.74, 6) is 0. The first-order chi connectivity index (χ1) is 3.46. The Hall–Kier alpha value is 2.18. The van der Waals surface area contributed by atoms with Crippen LogP contribution in [0.3, 0.4) is 0 Å². The summed E-state index contributed by atoms with van der Waals surface area (Å²) in [4.78, 5) is 15.7. The van der Waals surface area contributed by atoms with E-state index in [-0.39, 0.29) is 56.9 Å². The molecule has 0 saturated carbocycles. The molecular formula is C3H13KO4P2. The van der Waals surface area contributed by atoms with Gasteiger partial charge in [-0.25, -0.2) is 0 Å². The van der Waals surface area contributed by atoms with Crippen molar-refractivity contribution in [3.8, 4) is 0 Å². The third-order valence-electron chi connectivity index (χ3n) is 0. The van der Waals surface area contributed by atoms with Crippen molar-refractivity contribution in [3.05, 3.63) is 0 Å². The quantitative estimate of drug-likeness (QED) is 0.332. The van der Waals surface area contributed by atoms with Gasteiger partial charge < -0.3 is 19.8 Å². The number of hydrogen-bond acceptors (Lipinski definition) is 2. The maximum Gasteiger partial charge on any atom is 1.00 e. The average molecular weight is 214 g/mol. The molecule has 0 aliphatic rings. The monoisotopic (exact) mass is 214 g/mol. The zero-order chi connectivity index (χ0) is 7.15. The molecular weight excluding hydrogens is 201 g/mol. The average Bonchev–Trinajstić information content (AvgIpc) is 1.25. The van der Waals surface area contributed by atoms with Gasteiger partial charge in [0.05, 0.1) is 0 Å². The van der Waals surface area contributed by atoms with Crippen molar-refractivity contribution in [3.63, 3.8) is 0 Å². The van der Waals surface area contributed by atoms with E-state index in [1.807, 2.05) is 0 Å². The summed E-state index contributed by atoms with van der Waals surface area (Å²) in [6.45, 7) is 6.69. The van der Waals surface area contributed by atoms with Crippen LogP contribution in [0.1, 0.15) is 0 Å².